The molecule has 100 valence electrons. The number of aromatic nitrogens is 2. The number of methoxy groups -OCH3 is 1. The Kier molecular flexibility index (Phi) is 3.28. The number of halogens is 1. The number of hydrogen-bond acceptors (Lipinski definition) is 3. The standard InChI is InChI=1S/C15H11BrN2O2/c1-20-12-4-2-3-10(7-12)15-17-13(9-19)14-8-11(16)5-6-18(14)15/h2-9H,1H3. The van der Waals surface area contributed by atoms with E-state index in [4.69, 9.17) is 4.74 Å². The van der Waals surface area contributed by atoms with E-state index in [1.54, 1.807) is 7.11 Å². The molecule has 3 rings (SSSR count). The van der Waals surface area contributed by atoms with Crippen LogP contribution in [-0.4, -0.2) is 22.8 Å². The maximum Gasteiger partial charge on any atom is 0.170 e. The molecule has 0 saturated carbocycles. The van der Waals surface area contributed by atoms with Crippen LogP contribution in [0, 0.1) is 0 Å². The molecule has 20 heavy (non-hydrogen) atoms. The lowest BCUT2D eigenvalue weighted by atomic mass is 10.2. The van der Waals surface area contributed by atoms with Gasteiger partial charge in [-0.05, 0) is 24.3 Å². The number of carbonyl (C=O) groups excluding carboxylic acids is 1. The van der Waals surface area contributed by atoms with Gasteiger partial charge in [-0.2, -0.15) is 0 Å². The summed E-state index contributed by atoms with van der Waals surface area (Å²) in [5, 5.41) is 0. The van der Waals surface area contributed by atoms with E-state index in [0.717, 1.165) is 27.6 Å². The number of imidazole rings is 1. The molecule has 0 aliphatic heterocycles. The molecular formula is C15H11BrN2O2. The minimum absolute atomic E-state index is 0.420. The average molecular weight is 331 g/mol. The molecule has 0 spiro atoms. The molecule has 0 N–H and O–H groups in total. The highest BCUT2D eigenvalue weighted by molar-refractivity contribution is 9.10. The normalized spacial score (nSPS) is 10.7. The van der Waals surface area contributed by atoms with E-state index in [2.05, 4.69) is 20.9 Å². The first-order valence-corrected chi connectivity index (χ1v) is 6.79. The van der Waals surface area contributed by atoms with E-state index in [1.165, 1.54) is 0 Å². The Morgan fingerprint density at radius 3 is 2.90 bits per heavy atom. The van der Waals surface area contributed by atoms with E-state index < -0.39 is 0 Å². The summed E-state index contributed by atoms with van der Waals surface area (Å²) in [6.45, 7) is 0. The number of rotatable bonds is 3. The SMILES string of the molecule is COc1cccc(-c2nc(C=O)c3cc(Br)ccn23)c1. The van der Waals surface area contributed by atoms with Gasteiger partial charge in [0.15, 0.2) is 6.29 Å². The Hall–Kier alpha value is -2.14. The highest BCUT2D eigenvalue weighted by Gasteiger charge is 2.12. The van der Waals surface area contributed by atoms with Crippen LogP contribution < -0.4 is 4.74 Å². The van der Waals surface area contributed by atoms with Gasteiger partial charge in [-0.1, -0.05) is 28.1 Å². The van der Waals surface area contributed by atoms with Crippen molar-refractivity contribution in [2.45, 2.75) is 0 Å². The quantitative estimate of drug-likeness (QED) is 0.689. The van der Waals surface area contributed by atoms with Crippen molar-refractivity contribution in [3.05, 3.63) is 52.8 Å². The molecule has 3 aromatic rings. The Morgan fingerprint density at radius 2 is 2.15 bits per heavy atom. The molecule has 4 nitrogen and oxygen atoms in total. The van der Waals surface area contributed by atoms with Crippen molar-refractivity contribution in [1.82, 2.24) is 9.38 Å². The summed E-state index contributed by atoms with van der Waals surface area (Å²) < 4.78 is 8.03. The monoisotopic (exact) mass is 330 g/mol. The highest BCUT2D eigenvalue weighted by Crippen LogP contribution is 2.26. The topological polar surface area (TPSA) is 43.6 Å². The van der Waals surface area contributed by atoms with Crippen molar-refractivity contribution < 1.29 is 9.53 Å². The zero-order valence-corrected chi connectivity index (χ0v) is 12.3. The molecule has 0 amide bonds. The molecular weight excluding hydrogens is 320 g/mol. The molecule has 2 heterocycles. The third kappa shape index (κ3) is 2.10. The maximum absolute atomic E-state index is 11.2. The largest absolute Gasteiger partial charge is 0.497 e. The van der Waals surface area contributed by atoms with E-state index in [1.807, 2.05) is 47.0 Å². The predicted octanol–water partition coefficient (Wildman–Crippen LogP) is 3.58. The van der Waals surface area contributed by atoms with Gasteiger partial charge in [0.05, 0.1) is 12.6 Å². The highest BCUT2D eigenvalue weighted by atomic mass is 79.9. The average Bonchev–Trinajstić information content (AvgIpc) is 2.85. The van der Waals surface area contributed by atoms with E-state index in [9.17, 15) is 4.79 Å². The number of ether oxygens (including phenoxy) is 1. The smallest absolute Gasteiger partial charge is 0.170 e. The number of carbonyl (C=O) groups is 1. The zero-order valence-electron chi connectivity index (χ0n) is 10.7. The van der Waals surface area contributed by atoms with Crippen molar-refractivity contribution >= 4 is 27.7 Å². The van der Waals surface area contributed by atoms with Gasteiger partial charge in [0, 0.05) is 16.2 Å². The lowest BCUT2D eigenvalue weighted by Crippen LogP contribution is -1.90. The van der Waals surface area contributed by atoms with Gasteiger partial charge in [0.2, 0.25) is 0 Å². The summed E-state index contributed by atoms with van der Waals surface area (Å²) in [5.74, 6) is 1.47. The van der Waals surface area contributed by atoms with E-state index >= 15 is 0 Å². The van der Waals surface area contributed by atoms with E-state index in [0.29, 0.717) is 11.5 Å². The first kappa shape index (κ1) is 12.9. The van der Waals surface area contributed by atoms with Crippen LogP contribution in [0.2, 0.25) is 0 Å². The lowest BCUT2D eigenvalue weighted by molar-refractivity contribution is 0.112. The molecule has 0 aliphatic carbocycles. The second-order valence-corrected chi connectivity index (χ2v) is 5.19. The van der Waals surface area contributed by atoms with Crippen LogP contribution in [0.1, 0.15) is 10.5 Å². The van der Waals surface area contributed by atoms with E-state index in [-0.39, 0.29) is 0 Å². The minimum atomic E-state index is 0.420. The number of benzene rings is 1. The molecule has 5 heteroatoms. The second kappa shape index (κ2) is 5.09. The summed E-state index contributed by atoms with van der Waals surface area (Å²) in [5.41, 5.74) is 2.09. The van der Waals surface area contributed by atoms with Crippen LogP contribution in [0.15, 0.2) is 47.1 Å². The first-order valence-electron chi connectivity index (χ1n) is 6.00. The molecule has 0 saturated heterocycles. The number of aldehydes is 1. The Bertz CT molecular complexity index is 796. The zero-order chi connectivity index (χ0) is 14.1. The van der Waals surface area contributed by atoms with Crippen LogP contribution >= 0.6 is 15.9 Å². The van der Waals surface area contributed by atoms with Gasteiger partial charge in [0.25, 0.3) is 0 Å². The minimum Gasteiger partial charge on any atom is -0.497 e. The lowest BCUT2D eigenvalue weighted by Gasteiger charge is -2.04. The van der Waals surface area contributed by atoms with Gasteiger partial charge >= 0.3 is 0 Å². The number of nitrogens with zero attached hydrogens (tertiary/aromatic N) is 2. The fourth-order valence-corrected chi connectivity index (χ4v) is 2.47. The Labute approximate surface area is 124 Å². The van der Waals surface area contributed by atoms with Crippen molar-refractivity contribution in [3.8, 4) is 17.1 Å². The van der Waals surface area contributed by atoms with Crippen LogP contribution in [0.3, 0.4) is 0 Å². The van der Waals surface area contributed by atoms with Crippen molar-refractivity contribution in [1.29, 1.82) is 0 Å². The molecule has 0 unspecified atom stereocenters. The molecule has 0 radical (unpaired) electrons. The number of fused-ring (bicyclic) bond motifs is 1. The van der Waals surface area contributed by atoms with Gasteiger partial charge < -0.3 is 4.74 Å². The Balaban J connectivity index is 2.28. The summed E-state index contributed by atoms with van der Waals surface area (Å²) in [4.78, 5) is 15.6. The van der Waals surface area contributed by atoms with Crippen LogP contribution in [0.4, 0.5) is 0 Å². The summed E-state index contributed by atoms with van der Waals surface area (Å²) in [6, 6.07) is 11.4. The second-order valence-electron chi connectivity index (χ2n) is 4.27. The van der Waals surface area contributed by atoms with Crippen molar-refractivity contribution in [2.75, 3.05) is 7.11 Å². The number of hydrogen-bond donors (Lipinski definition) is 0. The first-order chi connectivity index (χ1) is 9.72. The number of pyridine rings is 1. The van der Waals surface area contributed by atoms with Crippen molar-refractivity contribution in [3.63, 3.8) is 0 Å². The van der Waals surface area contributed by atoms with Crippen molar-refractivity contribution in [2.24, 2.45) is 0 Å². The predicted molar refractivity (Wildman–Crippen MR) is 80.3 cm³/mol. The molecule has 2 aromatic heterocycles. The van der Waals surface area contributed by atoms with Gasteiger partial charge in [-0.15, -0.1) is 0 Å². The molecule has 0 atom stereocenters. The molecule has 0 aliphatic rings. The molecule has 0 bridgehead atoms. The van der Waals surface area contributed by atoms with Crippen LogP contribution in [0.5, 0.6) is 5.75 Å². The van der Waals surface area contributed by atoms with Gasteiger partial charge in [-0.3, -0.25) is 9.20 Å². The van der Waals surface area contributed by atoms with Gasteiger partial charge in [-0.25, -0.2) is 4.98 Å². The third-order valence-corrected chi connectivity index (χ3v) is 3.57. The van der Waals surface area contributed by atoms with Gasteiger partial charge in [0.1, 0.15) is 17.3 Å². The summed E-state index contributed by atoms with van der Waals surface area (Å²) in [6.07, 6.45) is 2.65. The summed E-state index contributed by atoms with van der Waals surface area (Å²) in [7, 11) is 1.62. The van der Waals surface area contributed by atoms with Crippen LogP contribution in [0.25, 0.3) is 16.9 Å². The third-order valence-electron chi connectivity index (χ3n) is 3.07. The summed E-state index contributed by atoms with van der Waals surface area (Å²) >= 11 is 3.41. The fourth-order valence-electron chi connectivity index (χ4n) is 2.13. The maximum atomic E-state index is 11.2. The fraction of sp³-hybridized carbons (Fsp3) is 0.0667. The Morgan fingerprint density at radius 1 is 1.30 bits per heavy atom. The molecule has 1 aromatic carbocycles. The van der Waals surface area contributed by atoms with Crippen LogP contribution in [-0.2, 0) is 0 Å². The molecule has 0 fully saturated rings.